The molecule has 0 saturated heterocycles. The first-order valence-electron chi connectivity index (χ1n) is 6.16. The molecule has 1 aromatic carbocycles. The number of carbonyl (C=O) groups excluding carboxylic acids is 1. The fourth-order valence-electron chi connectivity index (χ4n) is 2.13. The van der Waals surface area contributed by atoms with Crippen LogP contribution in [0.4, 0.5) is 5.82 Å². The van der Waals surface area contributed by atoms with E-state index in [9.17, 15) is 9.59 Å². The molecule has 2 aromatic heterocycles. The van der Waals surface area contributed by atoms with E-state index in [2.05, 4.69) is 14.9 Å². The fourth-order valence-corrected chi connectivity index (χ4v) is 2.13. The first-order valence-corrected chi connectivity index (χ1v) is 6.16. The van der Waals surface area contributed by atoms with Crippen LogP contribution in [0, 0.1) is 0 Å². The average Bonchev–Trinajstić information content (AvgIpc) is 2.89. The molecule has 3 aromatic rings. The Hall–Kier alpha value is -3.09. The predicted octanol–water partition coefficient (Wildman–Crippen LogP) is 1.08. The number of nitrogen functional groups attached to an aromatic ring is 1. The number of aromatic nitrogens is 3. The zero-order valence-electron chi connectivity index (χ0n) is 11.2. The highest BCUT2D eigenvalue weighted by atomic mass is 16.5. The Labute approximate surface area is 119 Å². The number of rotatable bonds is 2. The van der Waals surface area contributed by atoms with E-state index in [1.165, 1.54) is 11.7 Å². The SMILES string of the molecule is COC(=O)c1ccc(-n2ccc3[nH]nc(N)c3c2=O)cc1. The van der Waals surface area contributed by atoms with Gasteiger partial charge in [-0.2, -0.15) is 5.10 Å². The van der Waals surface area contributed by atoms with E-state index >= 15 is 0 Å². The maximum absolute atomic E-state index is 12.4. The minimum Gasteiger partial charge on any atom is -0.465 e. The van der Waals surface area contributed by atoms with Crippen LogP contribution in [0.1, 0.15) is 10.4 Å². The van der Waals surface area contributed by atoms with Gasteiger partial charge in [-0.15, -0.1) is 0 Å². The van der Waals surface area contributed by atoms with Crippen LogP contribution in [0.2, 0.25) is 0 Å². The van der Waals surface area contributed by atoms with Gasteiger partial charge in [-0.1, -0.05) is 0 Å². The Morgan fingerprint density at radius 3 is 2.67 bits per heavy atom. The van der Waals surface area contributed by atoms with E-state index in [4.69, 9.17) is 5.73 Å². The number of ether oxygens (including phenoxy) is 1. The van der Waals surface area contributed by atoms with Gasteiger partial charge >= 0.3 is 5.97 Å². The number of methoxy groups -OCH3 is 1. The van der Waals surface area contributed by atoms with Crippen molar-refractivity contribution in [2.24, 2.45) is 0 Å². The number of H-pyrrole nitrogens is 1. The number of carbonyl (C=O) groups is 1. The van der Waals surface area contributed by atoms with E-state index in [1.54, 1.807) is 36.5 Å². The van der Waals surface area contributed by atoms with Crippen LogP contribution >= 0.6 is 0 Å². The molecule has 0 saturated carbocycles. The third-order valence-electron chi connectivity index (χ3n) is 3.21. The molecule has 0 aliphatic rings. The molecular formula is C14H12N4O3. The van der Waals surface area contributed by atoms with Gasteiger partial charge in [-0.05, 0) is 30.3 Å². The number of hydrogen-bond donors (Lipinski definition) is 2. The Kier molecular flexibility index (Phi) is 2.94. The van der Waals surface area contributed by atoms with Crippen LogP contribution < -0.4 is 11.3 Å². The molecule has 0 aliphatic heterocycles. The molecule has 3 rings (SSSR count). The Morgan fingerprint density at radius 2 is 2.00 bits per heavy atom. The molecular weight excluding hydrogens is 272 g/mol. The predicted molar refractivity (Wildman–Crippen MR) is 77.4 cm³/mol. The maximum atomic E-state index is 12.4. The van der Waals surface area contributed by atoms with Crippen molar-refractivity contribution in [2.45, 2.75) is 0 Å². The number of esters is 1. The first-order chi connectivity index (χ1) is 10.1. The molecule has 0 unspecified atom stereocenters. The van der Waals surface area contributed by atoms with Gasteiger partial charge < -0.3 is 10.5 Å². The standard InChI is InChI=1S/C14H12N4O3/c1-21-14(20)8-2-4-9(5-3-8)18-7-6-10-11(13(18)19)12(15)17-16-10/h2-7H,1H3,(H3,15,16,17). The topological polar surface area (TPSA) is 103 Å². The molecule has 0 atom stereocenters. The molecule has 7 nitrogen and oxygen atoms in total. The monoisotopic (exact) mass is 284 g/mol. The molecule has 3 N–H and O–H groups in total. The fraction of sp³-hybridized carbons (Fsp3) is 0.0714. The molecule has 0 spiro atoms. The zero-order chi connectivity index (χ0) is 15.0. The molecule has 0 bridgehead atoms. The van der Waals surface area contributed by atoms with Gasteiger partial charge in [0, 0.05) is 11.9 Å². The van der Waals surface area contributed by atoms with Crippen molar-refractivity contribution in [3.05, 3.63) is 52.4 Å². The van der Waals surface area contributed by atoms with Gasteiger partial charge in [0.2, 0.25) is 0 Å². The summed E-state index contributed by atoms with van der Waals surface area (Å²) in [4.78, 5) is 23.8. The minimum absolute atomic E-state index is 0.163. The van der Waals surface area contributed by atoms with Crippen molar-refractivity contribution in [1.29, 1.82) is 0 Å². The minimum atomic E-state index is -0.427. The number of aromatic amines is 1. The molecule has 0 amide bonds. The van der Waals surface area contributed by atoms with Gasteiger partial charge in [0.05, 0.1) is 18.2 Å². The van der Waals surface area contributed by atoms with Gasteiger partial charge in [0.15, 0.2) is 5.82 Å². The van der Waals surface area contributed by atoms with Gasteiger partial charge in [-0.25, -0.2) is 4.79 Å². The molecule has 0 aliphatic carbocycles. The third kappa shape index (κ3) is 2.04. The van der Waals surface area contributed by atoms with E-state index in [-0.39, 0.29) is 11.4 Å². The summed E-state index contributed by atoms with van der Waals surface area (Å²) in [6, 6.07) is 8.23. The van der Waals surface area contributed by atoms with Crippen molar-refractivity contribution in [1.82, 2.24) is 14.8 Å². The second-order valence-electron chi connectivity index (χ2n) is 4.43. The second kappa shape index (κ2) is 4.78. The van der Waals surface area contributed by atoms with Crippen LogP contribution in [0.5, 0.6) is 0 Å². The molecule has 2 heterocycles. The number of nitrogens with two attached hydrogens (primary N) is 1. The van der Waals surface area contributed by atoms with E-state index in [0.29, 0.717) is 22.2 Å². The van der Waals surface area contributed by atoms with E-state index in [1.807, 2.05) is 0 Å². The van der Waals surface area contributed by atoms with Gasteiger partial charge in [0.25, 0.3) is 5.56 Å². The van der Waals surface area contributed by atoms with Crippen LogP contribution in [0.15, 0.2) is 41.3 Å². The summed E-state index contributed by atoms with van der Waals surface area (Å²) >= 11 is 0. The highest BCUT2D eigenvalue weighted by Crippen LogP contribution is 2.15. The molecule has 21 heavy (non-hydrogen) atoms. The third-order valence-corrected chi connectivity index (χ3v) is 3.21. The van der Waals surface area contributed by atoms with Crippen molar-refractivity contribution in [2.75, 3.05) is 12.8 Å². The lowest BCUT2D eigenvalue weighted by atomic mass is 10.2. The maximum Gasteiger partial charge on any atom is 0.337 e. The van der Waals surface area contributed by atoms with Crippen LogP contribution in [0.25, 0.3) is 16.6 Å². The van der Waals surface area contributed by atoms with Crippen molar-refractivity contribution in [3.8, 4) is 5.69 Å². The number of benzene rings is 1. The van der Waals surface area contributed by atoms with Crippen LogP contribution in [-0.2, 0) is 4.74 Å². The quantitative estimate of drug-likeness (QED) is 0.685. The lowest BCUT2D eigenvalue weighted by molar-refractivity contribution is 0.0601. The lowest BCUT2D eigenvalue weighted by Crippen LogP contribution is -2.18. The molecule has 106 valence electrons. The van der Waals surface area contributed by atoms with E-state index < -0.39 is 5.97 Å². The highest BCUT2D eigenvalue weighted by Gasteiger charge is 2.11. The smallest absolute Gasteiger partial charge is 0.337 e. The largest absolute Gasteiger partial charge is 0.465 e. The second-order valence-corrected chi connectivity index (χ2v) is 4.43. The number of fused-ring (bicyclic) bond motifs is 1. The Morgan fingerprint density at radius 1 is 1.29 bits per heavy atom. The summed E-state index contributed by atoms with van der Waals surface area (Å²) in [6.07, 6.45) is 1.62. The zero-order valence-corrected chi connectivity index (χ0v) is 11.2. The normalized spacial score (nSPS) is 10.7. The first kappa shape index (κ1) is 12.9. The van der Waals surface area contributed by atoms with Gasteiger partial charge in [-0.3, -0.25) is 14.5 Å². The summed E-state index contributed by atoms with van der Waals surface area (Å²) in [5, 5.41) is 6.85. The molecule has 7 heteroatoms. The number of pyridine rings is 1. The Bertz CT molecular complexity index is 877. The highest BCUT2D eigenvalue weighted by molar-refractivity contribution is 5.90. The average molecular weight is 284 g/mol. The number of nitrogens with zero attached hydrogens (tertiary/aromatic N) is 2. The molecule has 0 fully saturated rings. The van der Waals surface area contributed by atoms with Crippen LogP contribution in [0.3, 0.4) is 0 Å². The lowest BCUT2D eigenvalue weighted by Gasteiger charge is -2.06. The number of anilines is 1. The van der Waals surface area contributed by atoms with Crippen LogP contribution in [-0.4, -0.2) is 27.8 Å². The summed E-state index contributed by atoms with van der Waals surface area (Å²) in [5.74, 6) is -0.265. The van der Waals surface area contributed by atoms with Crippen molar-refractivity contribution < 1.29 is 9.53 Å². The number of nitrogens with one attached hydrogen (secondary N) is 1. The van der Waals surface area contributed by atoms with Gasteiger partial charge in [0.1, 0.15) is 5.39 Å². The summed E-state index contributed by atoms with van der Waals surface area (Å²) in [5.41, 5.74) is 7.03. The summed E-state index contributed by atoms with van der Waals surface area (Å²) in [7, 11) is 1.32. The molecule has 0 radical (unpaired) electrons. The van der Waals surface area contributed by atoms with E-state index in [0.717, 1.165) is 0 Å². The summed E-state index contributed by atoms with van der Waals surface area (Å²) < 4.78 is 6.07. The summed E-state index contributed by atoms with van der Waals surface area (Å²) in [6.45, 7) is 0. The van der Waals surface area contributed by atoms with Crippen molar-refractivity contribution in [3.63, 3.8) is 0 Å². The van der Waals surface area contributed by atoms with Crippen molar-refractivity contribution >= 4 is 22.7 Å². The number of hydrogen-bond acceptors (Lipinski definition) is 5. The Balaban J connectivity index is 2.12.